The average molecular weight is 329 g/mol. The molecule has 23 heavy (non-hydrogen) atoms. The lowest BCUT2D eigenvalue weighted by atomic mass is 9.82. The van der Waals surface area contributed by atoms with Gasteiger partial charge in [0.1, 0.15) is 12.2 Å². The maximum Gasteiger partial charge on any atom is 0.407 e. The maximum absolute atomic E-state index is 11.6. The topological polar surface area (TPSA) is 73.9 Å². The van der Waals surface area contributed by atoms with E-state index in [1.165, 1.54) is 0 Å². The number of rotatable bonds is 7. The van der Waals surface area contributed by atoms with Crippen LogP contribution in [0.3, 0.4) is 0 Å². The van der Waals surface area contributed by atoms with Crippen LogP contribution in [0.5, 0.6) is 0 Å². The number of ether oxygens (including phenoxy) is 3. The highest BCUT2D eigenvalue weighted by Gasteiger charge is 2.23. The van der Waals surface area contributed by atoms with E-state index in [0.29, 0.717) is 31.6 Å². The standard InChI is InChI=1S/C17H31NO5/c1-5-22-15(19)12-21-11-14-8-6-13(7-9-14)10-18-16(20)23-17(2,3)4/h13-14H,5-12H2,1-4H3,(H,18,20). The van der Waals surface area contributed by atoms with Crippen LogP contribution in [0.1, 0.15) is 53.4 Å². The molecule has 1 amide bonds. The minimum Gasteiger partial charge on any atom is -0.464 e. The average Bonchev–Trinajstić information content (AvgIpc) is 2.45. The minimum atomic E-state index is -0.460. The number of hydrogen-bond donors (Lipinski definition) is 1. The first-order valence-electron chi connectivity index (χ1n) is 8.50. The molecule has 0 unspecified atom stereocenters. The molecule has 0 aromatic carbocycles. The van der Waals surface area contributed by atoms with Crippen LogP contribution in [-0.4, -0.2) is 44.0 Å². The molecule has 1 rings (SSSR count). The molecule has 1 N–H and O–H groups in total. The molecule has 1 fully saturated rings. The van der Waals surface area contributed by atoms with Crippen LogP contribution in [-0.2, 0) is 19.0 Å². The molecule has 0 aromatic heterocycles. The van der Waals surface area contributed by atoms with Crippen molar-refractivity contribution in [2.45, 2.75) is 59.0 Å². The number of esters is 1. The summed E-state index contributed by atoms with van der Waals surface area (Å²) in [6.07, 6.45) is 3.89. The van der Waals surface area contributed by atoms with Crippen molar-refractivity contribution in [2.75, 3.05) is 26.4 Å². The highest BCUT2D eigenvalue weighted by molar-refractivity contribution is 5.70. The second-order valence-corrected chi connectivity index (χ2v) is 7.09. The molecule has 0 saturated heterocycles. The molecule has 0 atom stereocenters. The molecule has 0 spiro atoms. The Hall–Kier alpha value is -1.30. The maximum atomic E-state index is 11.6. The third-order valence-electron chi connectivity index (χ3n) is 3.78. The van der Waals surface area contributed by atoms with E-state index in [0.717, 1.165) is 25.7 Å². The van der Waals surface area contributed by atoms with Gasteiger partial charge in [0.25, 0.3) is 0 Å². The lowest BCUT2D eigenvalue weighted by Gasteiger charge is -2.28. The Bertz CT molecular complexity index is 370. The normalized spacial score (nSPS) is 21.6. The monoisotopic (exact) mass is 329 g/mol. The van der Waals surface area contributed by atoms with Crippen LogP contribution in [0.25, 0.3) is 0 Å². The molecule has 0 heterocycles. The fraction of sp³-hybridized carbons (Fsp3) is 0.882. The van der Waals surface area contributed by atoms with Crippen LogP contribution in [0, 0.1) is 11.8 Å². The lowest BCUT2D eigenvalue weighted by molar-refractivity contribution is -0.149. The van der Waals surface area contributed by atoms with E-state index in [-0.39, 0.29) is 18.7 Å². The number of amides is 1. The minimum absolute atomic E-state index is 0.0357. The van der Waals surface area contributed by atoms with E-state index >= 15 is 0 Å². The Labute approximate surface area is 139 Å². The Kier molecular flexibility index (Phi) is 8.37. The number of hydrogen-bond acceptors (Lipinski definition) is 5. The SMILES string of the molecule is CCOC(=O)COCC1CCC(CNC(=O)OC(C)(C)C)CC1. The molecule has 1 saturated carbocycles. The van der Waals surface area contributed by atoms with Gasteiger partial charge in [0.05, 0.1) is 13.2 Å². The van der Waals surface area contributed by atoms with Crippen molar-refractivity contribution in [3.05, 3.63) is 0 Å². The molecule has 0 aromatic rings. The predicted octanol–water partition coefficient (Wildman–Crippen LogP) is 2.90. The van der Waals surface area contributed by atoms with Crippen LogP contribution in [0.4, 0.5) is 4.79 Å². The summed E-state index contributed by atoms with van der Waals surface area (Å²) in [7, 11) is 0. The van der Waals surface area contributed by atoms with E-state index in [9.17, 15) is 9.59 Å². The molecule has 6 heteroatoms. The molecule has 0 bridgehead atoms. The van der Waals surface area contributed by atoms with Crippen molar-refractivity contribution in [3.63, 3.8) is 0 Å². The zero-order chi connectivity index (χ0) is 17.3. The zero-order valence-corrected chi connectivity index (χ0v) is 14.9. The summed E-state index contributed by atoms with van der Waals surface area (Å²) in [4.78, 5) is 22.8. The van der Waals surface area contributed by atoms with Crippen molar-refractivity contribution in [2.24, 2.45) is 11.8 Å². The highest BCUT2D eigenvalue weighted by atomic mass is 16.6. The quantitative estimate of drug-likeness (QED) is 0.727. The number of nitrogens with one attached hydrogen (secondary N) is 1. The van der Waals surface area contributed by atoms with E-state index in [1.54, 1.807) is 6.92 Å². The fourth-order valence-corrected chi connectivity index (χ4v) is 2.66. The Morgan fingerprint density at radius 1 is 1.09 bits per heavy atom. The van der Waals surface area contributed by atoms with Crippen molar-refractivity contribution >= 4 is 12.1 Å². The first kappa shape index (κ1) is 19.7. The van der Waals surface area contributed by atoms with E-state index in [4.69, 9.17) is 14.2 Å². The summed E-state index contributed by atoms with van der Waals surface area (Å²) >= 11 is 0. The fourth-order valence-electron chi connectivity index (χ4n) is 2.66. The Morgan fingerprint density at radius 3 is 2.26 bits per heavy atom. The van der Waals surface area contributed by atoms with Crippen LogP contribution >= 0.6 is 0 Å². The highest BCUT2D eigenvalue weighted by Crippen LogP contribution is 2.28. The molecule has 1 aliphatic rings. The van der Waals surface area contributed by atoms with E-state index < -0.39 is 5.60 Å². The molecule has 0 radical (unpaired) electrons. The summed E-state index contributed by atoms with van der Waals surface area (Å²) in [5.74, 6) is 0.675. The molecular formula is C17H31NO5. The van der Waals surface area contributed by atoms with Gasteiger partial charge in [-0.1, -0.05) is 0 Å². The predicted molar refractivity (Wildman–Crippen MR) is 87.1 cm³/mol. The van der Waals surface area contributed by atoms with Gasteiger partial charge in [-0.25, -0.2) is 9.59 Å². The Balaban J connectivity index is 2.11. The molecule has 0 aliphatic heterocycles. The number of alkyl carbamates (subject to hydrolysis) is 1. The lowest BCUT2D eigenvalue weighted by Crippen LogP contribution is -2.36. The molecule has 134 valence electrons. The summed E-state index contributed by atoms with van der Waals surface area (Å²) in [6, 6.07) is 0. The Morgan fingerprint density at radius 2 is 1.70 bits per heavy atom. The van der Waals surface area contributed by atoms with Crippen LogP contribution in [0.15, 0.2) is 0 Å². The largest absolute Gasteiger partial charge is 0.464 e. The van der Waals surface area contributed by atoms with Crippen molar-refractivity contribution in [1.82, 2.24) is 5.32 Å². The van der Waals surface area contributed by atoms with Crippen molar-refractivity contribution in [3.8, 4) is 0 Å². The third kappa shape index (κ3) is 9.43. The van der Waals surface area contributed by atoms with Gasteiger partial charge in [0, 0.05) is 6.54 Å². The zero-order valence-electron chi connectivity index (χ0n) is 14.9. The van der Waals surface area contributed by atoms with Gasteiger partial charge < -0.3 is 19.5 Å². The van der Waals surface area contributed by atoms with Crippen molar-refractivity contribution in [1.29, 1.82) is 0 Å². The summed E-state index contributed by atoms with van der Waals surface area (Å²) in [6.45, 7) is 9.03. The van der Waals surface area contributed by atoms with E-state index in [1.807, 2.05) is 20.8 Å². The molecule has 6 nitrogen and oxygen atoms in total. The second kappa shape index (κ2) is 9.75. The first-order valence-corrected chi connectivity index (χ1v) is 8.50. The summed E-state index contributed by atoms with van der Waals surface area (Å²) in [5, 5.41) is 2.84. The van der Waals surface area contributed by atoms with Crippen LogP contribution in [0.2, 0.25) is 0 Å². The van der Waals surface area contributed by atoms with Gasteiger partial charge in [-0.2, -0.15) is 0 Å². The smallest absolute Gasteiger partial charge is 0.407 e. The summed E-state index contributed by atoms with van der Waals surface area (Å²) in [5.41, 5.74) is -0.460. The van der Waals surface area contributed by atoms with Gasteiger partial charge in [0.2, 0.25) is 0 Å². The van der Waals surface area contributed by atoms with Gasteiger partial charge in [-0.15, -0.1) is 0 Å². The molecule has 1 aliphatic carbocycles. The van der Waals surface area contributed by atoms with Gasteiger partial charge >= 0.3 is 12.1 Å². The van der Waals surface area contributed by atoms with Crippen LogP contribution < -0.4 is 5.32 Å². The van der Waals surface area contributed by atoms with Gasteiger partial charge in [0.15, 0.2) is 0 Å². The first-order chi connectivity index (χ1) is 10.8. The summed E-state index contributed by atoms with van der Waals surface area (Å²) < 4.78 is 15.5. The second-order valence-electron chi connectivity index (χ2n) is 7.09. The van der Waals surface area contributed by atoms with Gasteiger partial charge in [-0.05, 0) is 65.2 Å². The third-order valence-corrected chi connectivity index (χ3v) is 3.78. The van der Waals surface area contributed by atoms with Crippen molar-refractivity contribution < 1.29 is 23.8 Å². The molecular weight excluding hydrogens is 298 g/mol. The number of carbonyl (C=O) groups is 2. The van der Waals surface area contributed by atoms with Gasteiger partial charge in [-0.3, -0.25) is 0 Å². The van der Waals surface area contributed by atoms with E-state index in [2.05, 4.69) is 5.32 Å². The number of carbonyl (C=O) groups excluding carboxylic acids is 2.